The van der Waals surface area contributed by atoms with E-state index in [1.165, 1.54) is 26.9 Å². The van der Waals surface area contributed by atoms with Gasteiger partial charge in [0.25, 0.3) is 10.2 Å². The Bertz CT molecular complexity index is 604. The number of hydrogen-bond donors (Lipinski definition) is 1. The molecule has 7 nitrogen and oxygen atoms in total. The standard InChI is InChI=1S/C12H20N4O3S2/c1-9(17)13-12-14-11(8-20-12)10-4-6-16(7-5-10)21(18,19)15(2)3/h8,10H,4-7H2,1-3H3,(H,13,14,17). The van der Waals surface area contributed by atoms with E-state index in [9.17, 15) is 13.2 Å². The molecule has 1 saturated heterocycles. The molecule has 0 aromatic carbocycles. The molecule has 1 fully saturated rings. The second-order valence-corrected chi connectivity index (χ2v) is 8.22. The second kappa shape index (κ2) is 6.39. The largest absolute Gasteiger partial charge is 0.302 e. The summed E-state index contributed by atoms with van der Waals surface area (Å²) < 4.78 is 26.8. The predicted molar refractivity (Wildman–Crippen MR) is 82.6 cm³/mol. The number of carbonyl (C=O) groups excluding carboxylic acids is 1. The second-order valence-electron chi connectivity index (χ2n) is 5.22. The Kier molecular flexibility index (Phi) is 4.97. The lowest BCUT2D eigenvalue weighted by Gasteiger charge is -2.32. The summed E-state index contributed by atoms with van der Waals surface area (Å²) in [6, 6.07) is 0. The molecule has 1 aromatic rings. The van der Waals surface area contributed by atoms with Crippen molar-refractivity contribution in [3.63, 3.8) is 0 Å². The lowest BCUT2D eigenvalue weighted by atomic mass is 9.95. The summed E-state index contributed by atoms with van der Waals surface area (Å²) >= 11 is 1.40. The average Bonchev–Trinajstić information content (AvgIpc) is 2.86. The molecule has 0 atom stereocenters. The van der Waals surface area contributed by atoms with Gasteiger partial charge < -0.3 is 5.32 Å². The number of nitrogens with one attached hydrogen (secondary N) is 1. The lowest BCUT2D eigenvalue weighted by molar-refractivity contribution is -0.114. The van der Waals surface area contributed by atoms with Gasteiger partial charge in [-0.3, -0.25) is 4.79 Å². The zero-order valence-corrected chi connectivity index (χ0v) is 14.0. The van der Waals surface area contributed by atoms with Gasteiger partial charge in [-0.25, -0.2) is 4.98 Å². The van der Waals surface area contributed by atoms with Crippen LogP contribution in [0.4, 0.5) is 5.13 Å². The molecule has 1 N–H and O–H groups in total. The molecule has 1 aliphatic heterocycles. The van der Waals surface area contributed by atoms with Crippen LogP contribution in [0.25, 0.3) is 0 Å². The average molecular weight is 332 g/mol. The first kappa shape index (κ1) is 16.3. The summed E-state index contributed by atoms with van der Waals surface area (Å²) in [5.41, 5.74) is 0.936. The third kappa shape index (κ3) is 3.79. The minimum atomic E-state index is -3.32. The summed E-state index contributed by atoms with van der Waals surface area (Å²) in [4.78, 5) is 15.4. The van der Waals surface area contributed by atoms with Gasteiger partial charge in [-0.15, -0.1) is 11.3 Å². The third-order valence-corrected chi connectivity index (χ3v) is 6.18. The zero-order valence-electron chi connectivity index (χ0n) is 12.4. The maximum absolute atomic E-state index is 12.0. The first-order valence-electron chi connectivity index (χ1n) is 6.71. The van der Waals surface area contributed by atoms with Crippen molar-refractivity contribution < 1.29 is 13.2 Å². The molecule has 0 spiro atoms. The highest BCUT2D eigenvalue weighted by molar-refractivity contribution is 7.86. The molecule has 2 rings (SSSR count). The Labute approximate surface area is 129 Å². The van der Waals surface area contributed by atoms with Crippen LogP contribution in [0.3, 0.4) is 0 Å². The van der Waals surface area contributed by atoms with Crippen molar-refractivity contribution in [2.45, 2.75) is 25.7 Å². The molecule has 0 radical (unpaired) electrons. The molecule has 118 valence electrons. The van der Waals surface area contributed by atoms with Crippen molar-refractivity contribution in [1.29, 1.82) is 0 Å². The number of thiazole rings is 1. The SMILES string of the molecule is CC(=O)Nc1nc(C2CCN(S(=O)(=O)N(C)C)CC2)cs1. The van der Waals surface area contributed by atoms with Gasteiger partial charge in [0.15, 0.2) is 5.13 Å². The van der Waals surface area contributed by atoms with E-state index in [1.807, 2.05) is 5.38 Å². The fourth-order valence-corrected chi connectivity index (χ4v) is 4.27. The van der Waals surface area contributed by atoms with E-state index in [0.29, 0.717) is 18.2 Å². The Morgan fingerprint density at radius 1 is 1.43 bits per heavy atom. The molecule has 21 heavy (non-hydrogen) atoms. The van der Waals surface area contributed by atoms with Gasteiger partial charge in [-0.05, 0) is 12.8 Å². The smallest absolute Gasteiger partial charge is 0.281 e. The Morgan fingerprint density at radius 3 is 2.57 bits per heavy atom. The van der Waals surface area contributed by atoms with E-state index >= 15 is 0 Å². The van der Waals surface area contributed by atoms with E-state index < -0.39 is 10.2 Å². The van der Waals surface area contributed by atoms with E-state index in [4.69, 9.17) is 0 Å². The summed E-state index contributed by atoms with van der Waals surface area (Å²) in [6.45, 7) is 2.45. The van der Waals surface area contributed by atoms with Gasteiger partial charge in [0, 0.05) is 45.4 Å². The number of aromatic nitrogens is 1. The number of nitrogens with zero attached hydrogens (tertiary/aromatic N) is 3. The molecule has 0 saturated carbocycles. The highest BCUT2D eigenvalue weighted by atomic mass is 32.2. The minimum absolute atomic E-state index is 0.136. The number of rotatable bonds is 4. The number of piperidine rings is 1. The Hall–Kier alpha value is -1.03. The first-order chi connectivity index (χ1) is 9.80. The lowest BCUT2D eigenvalue weighted by Crippen LogP contribution is -2.44. The topological polar surface area (TPSA) is 82.6 Å². The molecular formula is C12H20N4O3S2. The maximum atomic E-state index is 12.0. The van der Waals surface area contributed by atoms with Gasteiger partial charge in [0.2, 0.25) is 5.91 Å². The summed E-state index contributed by atoms with van der Waals surface area (Å²) in [6.07, 6.45) is 1.49. The van der Waals surface area contributed by atoms with Crippen LogP contribution in [-0.4, -0.2) is 55.1 Å². The highest BCUT2D eigenvalue weighted by Gasteiger charge is 2.30. The van der Waals surface area contributed by atoms with Gasteiger partial charge in [-0.1, -0.05) is 0 Å². The molecule has 2 heterocycles. The molecule has 0 bridgehead atoms. The van der Waals surface area contributed by atoms with Crippen molar-refractivity contribution >= 4 is 32.6 Å². The zero-order chi connectivity index (χ0) is 15.6. The quantitative estimate of drug-likeness (QED) is 0.894. The van der Waals surface area contributed by atoms with Crippen molar-refractivity contribution in [2.24, 2.45) is 0 Å². The van der Waals surface area contributed by atoms with Crippen molar-refractivity contribution in [2.75, 3.05) is 32.5 Å². The maximum Gasteiger partial charge on any atom is 0.281 e. The van der Waals surface area contributed by atoms with E-state index in [-0.39, 0.29) is 11.8 Å². The van der Waals surface area contributed by atoms with Crippen LogP contribution < -0.4 is 5.32 Å². The van der Waals surface area contributed by atoms with Crippen LogP contribution in [0, 0.1) is 0 Å². The van der Waals surface area contributed by atoms with Gasteiger partial charge in [0.1, 0.15) is 0 Å². The minimum Gasteiger partial charge on any atom is -0.302 e. The van der Waals surface area contributed by atoms with Gasteiger partial charge in [0.05, 0.1) is 5.69 Å². The van der Waals surface area contributed by atoms with Crippen LogP contribution >= 0.6 is 11.3 Å². The number of amides is 1. The molecule has 0 aliphatic carbocycles. The molecule has 1 aromatic heterocycles. The number of anilines is 1. The van der Waals surface area contributed by atoms with E-state index in [1.54, 1.807) is 14.1 Å². The van der Waals surface area contributed by atoms with Crippen molar-refractivity contribution in [3.05, 3.63) is 11.1 Å². The molecular weight excluding hydrogens is 312 g/mol. The highest BCUT2D eigenvalue weighted by Crippen LogP contribution is 2.31. The normalized spacial score (nSPS) is 18.1. The van der Waals surface area contributed by atoms with Crippen LogP contribution in [-0.2, 0) is 15.0 Å². The van der Waals surface area contributed by atoms with Gasteiger partial charge >= 0.3 is 0 Å². The monoisotopic (exact) mass is 332 g/mol. The van der Waals surface area contributed by atoms with E-state index in [2.05, 4.69) is 10.3 Å². The Morgan fingerprint density at radius 2 is 2.05 bits per heavy atom. The van der Waals surface area contributed by atoms with Crippen LogP contribution in [0.1, 0.15) is 31.4 Å². The molecule has 1 amide bonds. The molecule has 9 heteroatoms. The van der Waals surface area contributed by atoms with Crippen LogP contribution in [0.15, 0.2) is 5.38 Å². The fraction of sp³-hybridized carbons (Fsp3) is 0.667. The van der Waals surface area contributed by atoms with Crippen molar-refractivity contribution in [1.82, 2.24) is 13.6 Å². The van der Waals surface area contributed by atoms with Crippen LogP contribution in [0.2, 0.25) is 0 Å². The third-order valence-electron chi connectivity index (χ3n) is 3.46. The van der Waals surface area contributed by atoms with E-state index in [0.717, 1.165) is 18.5 Å². The summed E-state index contributed by atoms with van der Waals surface area (Å²) in [5, 5.41) is 5.20. The molecule has 0 unspecified atom stereocenters. The number of carbonyl (C=O) groups is 1. The number of hydrogen-bond acceptors (Lipinski definition) is 5. The van der Waals surface area contributed by atoms with Crippen molar-refractivity contribution in [3.8, 4) is 0 Å². The summed E-state index contributed by atoms with van der Waals surface area (Å²) in [5.74, 6) is 0.111. The first-order valence-corrected chi connectivity index (χ1v) is 8.99. The summed E-state index contributed by atoms with van der Waals surface area (Å²) in [7, 11) is -0.238. The predicted octanol–water partition coefficient (Wildman–Crippen LogP) is 1.09. The molecule has 1 aliphatic rings. The van der Waals surface area contributed by atoms with Crippen LogP contribution in [0.5, 0.6) is 0 Å². The van der Waals surface area contributed by atoms with Gasteiger partial charge in [-0.2, -0.15) is 17.0 Å². The fourth-order valence-electron chi connectivity index (χ4n) is 2.29. The Balaban J connectivity index is 1.98.